The molecule has 0 saturated heterocycles. The summed E-state index contributed by atoms with van der Waals surface area (Å²) in [7, 11) is 2.55. The van der Waals surface area contributed by atoms with Gasteiger partial charge in [0.2, 0.25) is 0 Å². The van der Waals surface area contributed by atoms with Crippen LogP contribution in [0.2, 0.25) is 0 Å². The Morgan fingerprint density at radius 3 is 2.21 bits per heavy atom. The van der Waals surface area contributed by atoms with Crippen LogP contribution < -0.4 is 0 Å². The van der Waals surface area contributed by atoms with Crippen LogP contribution in [0.3, 0.4) is 0 Å². The summed E-state index contributed by atoms with van der Waals surface area (Å²) in [4.78, 5) is 24.0. The Kier molecular flexibility index (Phi) is 5.60. The molecule has 1 aliphatic carbocycles. The van der Waals surface area contributed by atoms with Crippen molar-refractivity contribution in [3.05, 3.63) is 24.8 Å². The molecule has 0 aromatic heterocycles. The SMILES string of the molecule is C=C[C@@H]1CC(C(=O)OC)(C(=O)OC)C[C@H]1/C=C/CCl. The molecule has 1 rings (SSSR count). The number of hydrogen-bond acceptors (Lipinski definition) is 4. The van der Waals surface area contributed by atoms with Crippen LogP contribution in [0.4, 0.5) is 0 Å². The fraction of sp³-hybridized carbons (Fsp3) is 0.571. The van der Waals surface area contributed by atoms with Gasteiger partial charge in [-0.2, -0.15) is 0 Å². The average molecular weight is 287 g/mol. The second-order valence-corrected chi connectivity index (χ2v) is 4.93. The normalized spacial score (nSPS) is 25.2. The molecule has 0 unspecified atom stereocenters. The van der Waals surface area contributed by atoms with E-state index in [0.717, 1.165) is 0 Å². The van der Waals surface area contributed by atoms with E-state index in [9.17, 15) is 9.59 Å². The zero-order chi connectivity index (χ0) is 14.5. The van der Waals surface area contributed by atoms with Crippen LogP contribution in [0.1, 0.15) is 12.8 Å². The number of methoxy groups -OCH3 is 2. The first kappa shape index (κ1) is 15.8. The van der Waals surface area contributed by atoms with Crippen molar-refractivity contribution in [2.75, 3.05) is 20.1 Å². The van der Waals surface area contributed by atoms with E-state index in [0.29, 0.717) is 18.7 Å². The van der Waals surface area contributed by atoms with Gasteiger partial charge in [-0.25, -0.2) is 0 Å². The standard InChI is InChI=1S/C14H19ClO4/c1-4-10-8-14(12(16)18-2,13(17)19-3)9-11(10)6-5-7-15/h4-6,10-11H,1,7-9H2,2-3H3/b6-5+/t10-,11-/m1/s1. The number of alkyl halides is 1. The monoisotopic (exact) mass is 286 g/mol. The third-order valence-corrected chi connectivity index (χ3v) is 3.82. The van der Waals surface area contributed by atoms with Crippen LogP contribution in [-0.2, 0) is 19.1 Å². The number of allylic oxidation sites excluding steroid dienone is 3. The molecule has 0 spiro atoms. The Bertz CT molecular complexity index is 373. The molecule has 1 aliphatic rings. The quantitative estimate of drug-likeness (QED) is 0.337. The van der Waals surface area contributed by atoms with Crippen LogP contribution >= 0.6 is 11.6 Å². The summed E-state index contributed by atoms with van der Waals surface area (Å²) < 4.78 is 9.56. The summed E-state index contributed by atoms with van der Waals surface area (Å²) in [5.74, 6) is -0.642. The lowest BCUT2D eigenvalue weighted by Crippen LogP contribution is -2.39. The number of carbonyl (C=O) groups is 2. The molecule has 1 fully saturated rings. The van der Waals surface area contributed by atoms with Crippen LogP contribution in [-0.4, -0.2) is 32.0 Å². The number of rotatable bonds is 5. The van der Waals surface area contributed by atoms with Gasteiger partial charge in [-0.05, 0) is 24.7 Å². The fourth-order valence-electron chi connectivity index (χ4n) is 2.69. The second kappa shape index (κ2) is 6.75. The molecule has 106 valence electrons. The van der Waals surface area contributed by atoms with Crippen LogP contribution in [0.15, 0.2) is 24.8 Å². The molecule has 2 atom stereocenters. The van der Waals surface area contributed by atoms with Crippen molar-refractivity contribution in [3.8, 4) is 0 Å². The first-order chi connectivity index (χ1) is 9.05. The van der Waals surface area contributed by atoms with Gasteiger partial charge in [0.1, 0.15) is 0 Å². The van der Waals surface area contributed by atoms with Crippen LogP contribution in [0.25, 0.3) is 0 Å². The van der Waals surface area contributed by atoms with E-state index in [1.54, 1.807) is 6.08 Å². The van der Waals surface area contributed by atoms with Gasteiger partial charge >= 0.3 is 11.9 Å². The van der Waals surface area contributed by atoms with Crippen molar-refractivity contribution < 1.29 is 19.1 Å². The largest absolute Gasteiger partial charge is 0.468 e. The zero-order valence-electron chi connectivity index (χ0n) is 11.2. The maximum atomic E-state index is 12.0. The topological polar surface area (TPSA) is 52.6 Å². The lowest BCUT2D eigenvalue weighted by molar-refractivity contribution is -0.168. The van der Waals surface area contributed by atoms with Gasteiger partial charge in [0.05, 0.1) is 14.2 Å². The van der Waals surface area contributed by atoms with E-state index in [-0.39, 0.29) is 11.8 Å². The van der Waals surface area contributed by atoms with Gasteiger partial charge in [-0.15, -0.1) is 18.2 Å². The number of carbonyl (C=O) groups excluding carboxylic acids is 2. The molecule has 1 saturated carbocycles. The van der Waals surface area contributed by atoms with Gasteiger partial charge in [0.25, 0.3) is 0 Å². The molecule has 5 heteroatoms. The van der Waals surface area contributed by atoms with Gasteiger partial charge in [-0.1, -0.05) is 18.2 Å². The molecule has 4 nitrogen and oxygen atoms in total. The highest BCUT2D eigenvalue weighted by Crippen LogP contribution is 2.48. The van der Waals surface area contributed by atoms with Gasteiger partial charge in [0.15, 0.2) is 5.41 Å². The summed E-state index contributed by atoms with van der Waals surface area (Å²) in [5.41, 5.74) is -1.23. The van der Waals surface area contributed by atoms with Crippen LogP contribution in [0, 0.1) is 17.3 Å². The predicted octanol–water partition coefficient (Wildman–Crippen LogP) is 2.33. The first-order valence-corrected chi connectivity index (χ1v) is 6.61. The Balaban J connectivity index is 3.08. The summed E-state index contributed by atoms with van der Waals surface area (Å²) in [6, 6.07) is 0. The van der Waals surface area contributed by atoms with Crippen molar-refractivity contribution in [2.24, 2.45) is 17.3 Å². The molecule has 19 heavy (non-hydrogen) atoms. The summed E-state index contributed by atoms with van der Waals surface area (Å²) in [6.07, 6.45) is 6.21. The van der Waals surface area contributed by atoms with Crippen LogP contribution in [0.5, 0.6) is 0 Å². The lowest BCUT2D eigenvalue weighted by Gasteiger charge is -2.22. The summed E-state index contributed by atoms with van der Waals surface area (Å²) >= 11 is 5.63. The van der Waals surface area contributed by atoms with E-state index in [4.69, 9.17) is 21.1 Å². The Morgan fingerprint density at radius 1 is 1.26 bits per heavy atom. The molecular formula is C14H19ClO4. The predicted molar refractivity (Wildman–Crippen MR) is 72.7 cm³/mol. The molecule has 0 amide bonds. The van der Waals surface area contributed by atoms with E-state index in [1.807, 2.05) is 12.2 Å². The van der Waals surface area contributed by atoms with Crippen molar-refractivity contribution >= 4 is 23.5 Å². The lowest BCUT2D eigenvalue weighted by atomic mass is 9.85. The smallest absolute Gasteiger partial charge is 0.323 e. The fourth-order valence-corrected chi connectivity index (χ4v) is 2.80. The third-order valence-electron chi connectivity index (χ3n) is 3.65. The van der Waals surface area contributed by atoms with Gasteiger partial charge < -0.3 is 9.47 Å². The van der Waals surface area contributed by atoms with Crippen molar-refractivity contribution in [3.63, 3.8) is 0 Å². The second-order valence-electron chi connectivity index (χ2n) is 4.62. The molecule has 0 aromatic carbocycles. The van der Waals surface area contributed by atoms with Gasteiger partial charge in [-0.3, -0.25) is 9.59 Å². The number of ether oxygens (including phenoxy) is 2. The molecule has 0 aliphatic heterocycles. The molecule has 0 bridgehead atoms. The maximum absolute atomic E-state index is 12.0. The molecule has 0 heterocycles. The van der Waals surface area contributed by atoms with Crippen molar-refractivity contribution in [1.29, 1.82) is 0 Å². The molecule has 0 aromatic rings. The third kappa shape index (κ3) is 3.00. The van der Waals surface area contributed by atoms with Crippen molar-refractivity contribution in [2.45, 2.75) is 12.8 Å². The average Bonchev–Trinajstić information content (AvgIpc) is 2.83. The highest BCUT2D eigenvalue weighted by atomic mass is 35.5. The summed E-state index contributed by atoms with van der Waals surface area (Å²) in [5, 5.41) is 0. The van der Waals surface area contributed by atoms with Crippen molar-refractivity contribution in [1.82, 2.24) is 0 Å². The maximum Gasteiger partial charge on any atom is 0.323 e. The summed E-state index contributed by atoms with van der Waals surface area (Å²) in [6.45, 7) is 3.77. The van der Waals surface area contributed by atoms with E-state index < -0.39 is 17.4 Å². The number of hydrogen-bond donors (Lipinski definition) is 0. The Morgan fingerprint density at radius 2 is 1.79 bits per heavy atom. The Hall–Kier alpha value is -1.29. The Labute approximate surface area is 118 Å². The number of esters is 2. The zero-order valence-corrected chi connectivity index (χ0v) is 12.0. The minimum Gasteiger partial charge on any atom is -0.468 e. The van der Waals surface area contributed by atoms with E-state index in [2.05, 4.69) is 6.58 Å². The molecule has 0 N–H and O–H groups in total. The minimum absolute atomic E-state index is 0.0256. The highest BCUT2D eigenvalue weighted by Gasteiger charge is 2.55. The minimum atomic E-state index is -1.23. The molecular weight excluding hydrogens is 268 g/mol. The molecule has 0 radical (unpaired) electrons. The van der Waals surface area contributed by atoms with E-state index >= 15 is 0 Å². The van der Waals surface area contributed by atoms with E-state index in [1.165, 1.54) is 14.2 Å². The number of halogens is 1. The van der Waals surface area contributed by atoms with Gasteiger partial charge in [0, 0.05) is 5.88 Å². The first-order valence-electron chi connectivity index (χ1n) is 6.07. The highest BCUT2D eigenvalue weighted by molar-refractivity contribution is 6.18.